The van der Waals surface area contributed by atoms with Crippen LogP contribution in [0, 0.1) is 0 Å². The molecule has 2 heterocycles. The molecule has 2 aliphatic heterocycles. The standard InChI is InChI=1S/C12H22O6/c1-4-14-12(10-6-16-8(3)18-10)11(13)9-5-15-7(2)17-9/h7-13H,4-6H2,1-3H3. The van der Waals surface area contributed by atoms with Crippen LogP contribution in [0.4, 0.5) is 0 Å². The van der Waals surface area contributed by atoms with Crippen LogP contribution in [0.15, 0.2) is 0 Å². The zero-order chi connectivity index (χ0) is 13.1. The summed E-state index contributed by atoms with van der Waals surface area (Å²) in [5.74, 6) is 0. The molecule has 6 heteroatoms. The first-order valence-corrected chi connectivity index (χ1v) is 6.45. The number of aliphatic hydroxyl groups is 1. The predicted octanol–water partition coefficient (Wildman–Crippen LogP) is 0.275. The molecule has 6 nitrogen and oxygen atoms in total. The van der Waals surface area contributed by atoms with E-state index in [1.54, 1.807) is 6.92 Å². The molecule has 0 spiro atoms. The highest BCUT2D eigenvalue weighted by molar-refractivity contribution is 4.87. The molecule has 2 fully saturated rings. The first kappa shape index (κ1) is 14.2. The molecule has 0 aromatic rings. The molecule has 2 saturated heterocycles. The Morgan fingerprint density at radius 2 is 1.67 bits per heavy atom. The van der Waals surface area contributed by atoms with Gasteiger partial charge < -0.3 is 28.8 Å². The minimum atomic E-state index is -0.784. The van der Waals surface area contributed by atoms with Crippen LogP contribution < -0.4 is 0 Å². The number of hydrogen-bond acceptors (Lipinski definition) is 6. The van der Waals surface area contributed by atoms with Gasteiger partial charge in [0.2, 0.25) is 0 Å². The second-order valence-corrected chi connectivity index (χ2v) is 4.56. The van der Waals surface area contributed by atoms with E-state index >= 15 is 0 Å². The van der Waals surface area contributed by atoms with Crippen molar-refractivity contribution in [3.05, 3.63) is 0 Å². The third-order valence-corrected chi connectivity index (χ3v) is 3.17. The van der Waals surface area contributed by atoms with Crippen LogP contribution in [-0.2, 0) is 23.7 Å². The monoisotopic (exact) mass is 262 g/mol. The third kappa shape index (κ3) is 3.20. The fourth-order valence-corrected chi connectivity index (χ4v) is 2.29. The Morgan fingerprint density at radius 1 is 1.11 bits per heavy atom. The van der Waals surface area contributed by atoms with Gasteiger partial charge in [-0.2, -0.15) is 0 Å². The van der Waals surface area contributed by atoms with Gasteiger partial charge in [-0.15, -0.1) is 0 Å². The SMILES string of the molecule is CCOC(C1COC(C)O1)C(O)C1COC(C)O1. The molecule has 18 heavy (non-hydrogen) atoms. The summed E-state index contributed by atoms with van der Waals surface area (Å²) in [6, 6.07) is 0. The zero-order valence-corrected chi connectivity index (χ0v) is 11.1. The summed E-state index contributed by atoms with van der Waals surface area (Å²) in [5, 5.41) is 10.3. The summed E-state index contributed by atoms with van der Waals surface area (Å²) >= 11 is 0. The van der Waals surface area contributed by atoms with Gasteiger partial charge in [-0.25, -0.2) is 0 Å². The minimum absolute atomic E-state index is 0.259. The van der Waals surface area contributed by atoms with Crippen molar-refractivity contribution in [2.75, 3.05) is 19.8 Å². The summed E-state index contributed by atoms with van der Waals surface area (Å²) in [6.45, 7) is 6.81. The molecule has 0 amide bonds. The Bertz CT molecular complexity index is 261. The molecular weight excluding hydrogens is 240 g/mol. The molecule has 0 bridgehead atoms. The number of hydrogen-bond donors (Lipinski definition) is 1. The highest BCUT2D eigenvalue weighted by Crippen LogP contribution is 2.24. The number of aliphatic hydroxyl groups excluding tert-OH is 1. The Hall–Kier alpha value is -0.240. The van der Waals surface area contributed by atoms with E-state index in [0.717, 1.165) is 0 Å². The van der Waals surface area contributed by atoms with Crippen molar-refractivity contribution in [3.8, 4) is 0 Å². The van der Waals surface area contributed by atoms with Crippen molar-refractivity contribution in [2.45, 2.75) is 57.8 Å². The summed E-state index contributed by atoms with van der Waals surface area (Å²) in [4.78, 5) is 0. The molecule has 106 valence electrons. The van der Waals surface area contributed by atoms with Gasteiger partial charge in [0, 0.05) is 6.61 Å². The lowest BCUT2D eigenvalue weighted by molar-refractivity contribution is -0.152. The Labute approximate surface area is 107 Å². The van der Waals surface area contributed by atoms with Crippen molar-refractivity contribution in [3.63, 3.8) is 0 Å². The van der Waals surface area contributed by atoms with Crippen LogP contribution in [0.3, 0.4) is 0 Å². The molecule has 0 saturated carbocycles. The normalized spacial score (nSPS) is 40.0. The zero-order valence-electron chi connectivity index (χ0n) is 11.1. The van der Waals surface area contributed by atoms with Gasteiger partial charge in [0.25, 0.3) is 0 Å². The molecule has 0 aliphatic carbocycles. The fourth-order valence-electron chi connectivity index (χ4n) is 2.29. The maximum atomic E-state index is 10.3. The van der Waals surface area contributed by atoms with Gasteiger partial charge in [-0.3, -0.25) is 0 Å². The first-order chi connectivity index (χ1) is 8.61. The van der Waals surface area contributed by atoms with Crippen molar-refractivity contribution in [1.82, 2.24) is 0 Å². The second-order valence-electron chi connectivity index (χ2n) is 4.56. The van der Waals surface area contributed by atoms with E-state index in [-0.39, 0.29) is 24.8 Å². The topological polar surface area (TPSA) is 66.4 Å². The summed E-state index contributed by atoms with van der Waals surface area (Å²) < 4.78 is 27.3. The summed E-state index contributed by atoms with van der Waals surface area (Å²) in [7, 11) is 0. The molecule has 0 aromatic heterocycles. The summed E-state index contributed by atoms with van der Waals surface area (Å²) in [5.41, 5.74) is 0. The smallest absolute Gasteiger partial charge is 0.155 e. The molecule has 2 aliphatic rings. The third-order valence-electron chi connectivity index (χ3n) is 3.17. The average molecular weight is 262 g/mol. The first-order valence-electron chi connectivity index (χ1n) is 6.45. The minimum Gasteiger partial charge on any atom is -0.387 e. The molecule has 1 N–H and O–H groups in total. The van der Waals surface area contributed by atoms with E-state index in [9.17, 15) is 5.11 Å². The van der Waals surface area contributed by atoms with Gasteiger partial charge in [0.05, 0.1) is 13.2 Å². The van der Waals surface area contributed by atoms with E-state index in [1.165, 1.54) is 0 Å². The van der Waals surface area contributed by atoms with E-state index in [0.29, 0.717) is 19.8 Å². The predicted molar refractivity (Wildman–Crippen MR) is 62.0 cm³/mol. The Kier molecular flexibility index (Phi) is 4.94. The van der Waals surface area contributed by atoms with E-state index < -0.39 is 12.2 Å². The van der Waals surface area contributed by atoms with Crippen molar-refractivity contribution >= 4 is 0 Å². The molecule has 2 rings (SSSR count). The van der Waals surface area contributed by atoms with Crippen LogP contribution in [-0.4, -0.2) is 61.9 Å². The second kappa shape index (κ2) is 6.27. The fraction of sp³-hybridized carbons (Fsp3) is 1.00. The van der Waals surface area contributed by atoms with Gasteiger partial charge in [-0.1, -0.05) is 0 Å². The molecule has 0 radical (unpaired) electrons. The Balaban J connectivity index is 1.95. The van der Waals surface area contributed by atoms with Crippen molar-refractivity contribution in [2.24, 2.45) is 0 Å². The van der Waals surface area contributed by atoms with Gasteiger partial charge >= 0.3 is 0 Å². The maximum Gasteiger partial charge on any atom is 0.155 e. The van der Waals surface area contributed by atoms with Crippen molar-refractivity contribution in [1.29, 1.82) is 0 Å². The highest BCUT2D eigenvalue weighted by Gasteiger charge is 2.41. The van der Waals surface area contributed by atoms with Gasteiger partial charge in [-0.05, 0) is 20.8 Å². The lowest BCUT2D eigenvalue weighted by Crippen LogP contribution is -2.48. The van der Waals surface area contributed by atoms with E-state index in [2.05, 4.69) is 0 Å². The number of rotatable bonds is 5. The molecule has 6 unspecified atom stereocenters. The lowest BCUT2D eigenvalue weighted by atomic mass is 10.0. The van der Waals surface area contributed by atoms with Crippen LogP contribution in [0.25, 0.3) is 0 Å². The van der Waals surface area contributed by atoms with E-state index in [4.69, 9.17) is 23.7 Å². The van der Waals surface area contributed by atoms with Gasteiger partial charge in [0.1, 0.15) is 24.4 Å². The van der Waals surface area contributed by atoms with Gasteiger partial charge in [0.15, 0.2) is 12.6 Å². The highest BCUT2D eigenvalue weighted by atomic mass is 16.7. The van der Waals surface area contributed by atoms with Crippen LogP contribution in [0.2, 0.25) is 0 Å². The summed E-state index contributed by atoms with van der Waals surface area (Å²) in [6.07, 6.45) is -2.44. The average Bonchev–Trinajstić information content (AvgIpc) is 2.94. The number of ether oxygens (including phenoxy) is 5. The lowest BCUT2D eigenvalue weighted by Gasteiger charge is -2.29. The largest absolute Gasteiger partial charge is 0.387 e. The molecule has 0 aromatic carbocycles. The van der Waals surface area contributed by atoms with E-state index in [1.807, 2.05) is 13.8 Å². The van der Waals surface area contributed by atoms with Crippen LogP contribution in [0.5, 0.6) is 0 Å². The quantitative estimate of drug-likeness (QED) is 0.767. The maximum absolute atomic E-state index is 10.3. The van der Waals surface area contributed by atoms with Crippen molar-refractivity contribution < 1.29 is 28.8 Å². The molecule has 6 atom stereocenters. The molecular formula is C12H22O6. The van der Waals surface area contributed by atoms with Crippen LogP contribution in [0.1, 0.15) is 20.8 Å². The van der Waals surface area contributed by atoms with Crippen LogP contribution >= 0.6 is 0 Å². The Morgan fingerprint density at radius 3 is 2.11 bits per heavy atom.